The van der Waals surface area contributed by atoms with Crippen molar-refractivity contribution in [3.05, 3.63) is 59.2 Å². The molecule has 0 aliphatic rings. The van der Waals surface area contributed by atoms with E-state index >= 15 is 0 Å². The summed E-state index contributed by atoms with van der Waals surface area (Å²) in [5.74, 6) is 0. The molecule has 0 fully saturated rings. The van der Waals surface area contributed by atoms with Gasteiger partial charge in [-0.15, -0.1) is 0 Å². The lowest BCUT2D eigenvalue weighted by Gasteiger charge is -2.09. The number of nitrogens with two attached hydrogens (primary N) is 2. The van der Waals surface area contributed by atoms with Gasteiger partial charge in [0.05, 0.1) is 0 Å². The summed E-state index contributed by atoms with van der Waals surface area (Å²) in [6.07, 6.45) is 0.927. The van der Waals surface area contributed by atoms with Crippen molar-refractivity contribution in [1.82, 2.24) is 0 Å². The molecule has 2 nitrogen and oxygen atoms in total. The van der Waals surface area contributed by atoms with Gasteiger partial charge in [-0.1, -0.05) is 36.4 Å². The zero-order chi connectivity index (χ0) is 13.0. The first-order valence-electron chi connectivity index (χ1n) is 6.33. The molecule has 2 aromatic carbocycles. The number of hydrogen-bond donors (Lipinski definition) is 2. The van der Waals surface area contributed by atoms with Gasteiger partial charge in [-0.3, -0.25) is 0 Å². The Bertz CT molecular complexity index is 532. The average Bonchev–Trinajstić information content (AvgIpc) is 2.41. The Balaban J connectivity index is 2.40. The summed E-state index contributed by atoms with van der Waals surface area (Å²) >= 11 is 0. The third-order valence-corrected chi connectivity index (χ3v) is 3.26. The van der Waals surface area contributed by atoms with Crippen LogP contribution in [0.3, 0.4) is 0 Å². The van der Waals surface area contributed by atoms with Crippen LogP contribution in [0.1, 0.15) is 16.7 Å². The highest BCUT2D eigenvalue weighted by Crippen LogP contribution is 2.23. The molecule has 0 bridgehead atoms. The first kappa shape index (κ1) is 12.8. The molecule has 4 N–H and O–H groups in total. The molecule has 2 aromatic rings. The molecule has 0 heterocycles. The number of benzene rings is 2. The monoisotopic (exact) mass is 240 g/mol. The van der Waals surface area contributed by atoms with Gasteiger partial charge in [-0.25, -0.2) is 0 Å². The van der Waals surface area contributed by atoms with Crippen LogP contribution in [0.15, 0.2) is 42.5 Å². The fourth-order valence-corrected chi connectivity index (χ4v) is 2.15. The minimum Gasteiger partial charge on any atom is -0.330 e. The molecule has 0 aliphatic heterocycles. The zero-order valence-electron chi connectivity index (χ0n) is 10.8. The molecule has 0 saturated heterocycles. The van der Waals surface area contributed by atoms with Crippen molar-refractivity contribution in [2.24, 2.45) is 11.5 Å². The molecule has 0 radical (unpaired) electrons. The first-order valence-corrected chi connectivity index (χ1v) is 6.33. The Morgan fingerprint density at radius 3 is 2.44 bits per heavy atom. The van der Waals surface area contributed by atoms with Gasteiger partial charge in [0.25, 0.3) is 0 Å². The minimum absolute atomic E-state index is 0.579. The normalized spacial score (nSPS) is 10.6. The van der Waals surface area contributed by atoms with E-state index in [9.17, 15) is 0 Å². The lowest BCUT2D eigenvalue weighted by atomic mass is 9.97. The van der Waals surface area contributed by atoms with Crippen LogP contribution in [0, 0.1) is 6.92 Å². The number of hydrogen-bond acceptors (Lipinski definition) is 2. The third-order valence-electron chi connectivity index (χ3n) is 3.26. The van der Waals surface area contributed by atoms with Crippen molar-refractivity contribution < 1.29 is 0 Å². The molecule has 0 aromatic heterocycles. The van der Waals surface area contributed by atoms with Crippen LogP contribution in [0.4, 0.5) is 0 Å². The number of rotatable bonds is 4. The minimum atomic E-state index is 0.579. The highest BCUT2D eigenvalue weighted by Gasteiger charge is 2.03. The van der Waals surface area contributed by atoms with Crippen LogP contribution in [-0.4, -0.2) is 6.54 Å². The Kier molecular flexibility index (Phi) is 4.13. The summed E-state index contributed by atoms with van der Waals surface area (Å²) in [4.78, 5) is 0. The van der Waals surface area contributed by atoms with Gasteiger partial charge in [0.15, 0.2) is 0 Å². The molecule has 0 aliphatic carbocycles. The van der Waals surface area contributed by atoms with Crippen molar-refractivity contribution in [2.75, 3.05) is 6.54 Å². The van der Waals surface area contributed by atoms with Crippen LogP contribution in [0.25, 0.3) is 11.1 Å². The van der Waals surface area contributed by atoms with E-state index in [1.165, 1.54) is 22.3 Å². The summed E-state index contributed by atoms with van der Waals surface area (Å²) in [6, 6.07) is 14.9. The van der Waals surface area contributed by atoms with Gasteiger partial charge in [-0.05, 0) is 53.8 Å². The van der Waals surface area contributed by atoms with E-state index in [1.807, 2.05) is 0 Å². The predicted molar refractivity (Wildman–Crippen MR) is 77.3 cm³/mol. The zero-order valence-corrected chi connectivity index (χ0v) is 10.8. The van der Waals surface area contributed by atoms with E-state index in [1.54, 1.807) is 0 Å². The molecule has 0 amide bonds. The first-order chi connectivity index (χ1) is 8.74. The van der Waals surface area contributed by atoms with Gasteiger partial charge in [-0.2, -0.15) is 0 Å². The quantitative estimate of drug-likeness (QED) is 0.863. The molecule has 0 unspecified atom stereocenters. The summed E-state index contributed by atoms with van der Waals surface area (Å²) in [6.45, 7) is 3.40. The van der Waals surface area contributed by atoms with E-state index < -0.39 is 0 Å². The van der Waals surface area contributed by atoms with E-state index in [0.29, 0.717) is 13.1 Å². The van der Waals surface area contributed by atoms with Crippen LogP contribution < -0.4 is 11.5 Å². The lowest BCUT2D eigenvalue weighted by Crippen LogP contribution is -2.04. The molecular weight excluding hydrogens is 220 g/mol. The van der Waals surface area contributed by atoms with E-state index in [2.05, 4.69) is 49.4 Å². The fraction of sp³-hybridized carbons (Fsp3) is 0.250. The summed E-state index contributed by atoms with van der Waals surface area (Å²) in [7, 11) is 0. The standard InChI is InChI=1S/C16H20N2/c1-12-5-6-16(10-14(12)7-8-17)15-4-2-3-13(9-15)11-18/h2-6,9-10H,7-8,11,17-18H2,1H3. The predicted octanol–water partition coefficient (Wildman–Crippen LogP) is 2.62. The fourth-order valence-electron chi connectivity index (χ4n) is 2.15. The van der Waals surface area contributed by atoms with Crippen molar-refractivity contribution in [1.29, 1.82) is 0 Å². The smallest absolute Gasteiger partial charge is 0.0178 e. The van der Waals surface area contributed by atoms with Crippen molar-refractivity contribution in [3.63, 3.8) is 0 Å². The molecular formula is C16H20N2. The maximum Gasteiger partial charge on any atom is 0.0178 e. The van der Waals surface area contributed by atoms with Crippen LogP contribution in [0.5, 0.6) is 0 Å². The maximum absolute atomic E-state index is 5.68. The van der Waals surface area contributed by atoms with Crippen LogP contribution in [-0.2, 0) is 13.0 Å². The van der Waals surface area contributed by atoms with Gasteiger partial charge in [0.1, 0.15) is 0 Å². The highest BCUT2D eigenvalue weighted by atomic mass is 14.5. The summed E-state index contributed by atoms with van der Waals surface area (Å²) in [5.41, 5.74) is 17.6. The average molecular weight is 240 g/mol. The summed E-state index contributed by atoms with van der Waals surface area (Å²) < 4.78 is 0. The second kappa shape index (κ2) is 5.80. The molecule has 18 heavy (non-hydrogen) atoms. The maximum atomic E-state index is 5.68. The van der Waals surface area contributed by atoms with Crippen LogP contribution >= 0.6 is 0 Å². The second-order valence-electron chi connectivity index (χ2n) is 4.58. The van der Waals surface area contributed by atoms with Gasteiger partial charge < -0.3 is 11.5 Å². The molecule has 0 atom stereocenters. The van der Waals surface area contributed by atoms with Crippen LogP contribution in [0.2, 0.25) is 0 Å². The largest absolute Gasteiger partial charge is 0.330 e. The topological polar surface area (TPSA) is 52.0 Å². The summed E-state index contributed by atoms with van der Waals surface area (Å²) in [5, 5.41) is 0. The molecule has 2 heteroatoms. The Morgan fingerprint density at radius 1 is 0.944 bits per heavy atom. The molecule has 0 spiro atoms. The van der Waals surface area contributed by atoms with E-state index in [0.717, 1.165) is 12.0 Å². The Morgan fingerprint density at radius 2 is 1.72 bits per heavy atom. The van der Waals surface area contributed by atoms with E-state index in [4.69, 9.17) is 11.5 Å². The van der Waals surface area contributed by atoms with Gasteiger partial charge in [0, 0.05) is 6.54 Å². The lowest BCUT2D eigenvalue weighted by molar-refractivity contribution is 0.958. The molecule has 0 saturated carbocycles. The van der Waals surface area contributed by atoms with E-state index in [-0.39, 0.29) is 0 Å². The van der Waals surface area contributed by atoms with Gasteiger partial charge >= 0.3 is 0 Å². The molecule has 94 valence electrons. The second-order valence-corrected chi connectivity index (χ2v) is 4.58. The van der Waals surface area contributed by atoms with Crippen molar-refractivity contribution in [3.8, 4) is 11.1 Å². The number of aryl methyl sites for hydroxylation is 1. The Labute approximate surface area is 109 Å². The third kappa shape index (κ3) is 2.78. The Hall–Kier alpha value is -1.64. The van der Waals surface area contributed by atoms with Crippen molar-refractivity contribution in [2.45, 2.75) is 19.9 Å². The molecule has 2 rings (SSSR count). The SMILES string of the molecule is Cc1ccc(-c2cccc(CN)c2)cc1CCN. The van der Waals surface area contributed by atoms with Gasteiger partial charge in [0.2, 0.25) is 0 Å². The van der Waals surface area contributed by atoms with Crippen molar-refractivity contribution >= 4 is 0 Å². The highest BCUT2D eigenvalue weighted by molar-refractivity contribution is 5.65.